The number of fused-ring (bicyclic) bond motifs is 2. The first kappa shape index (κ1) is 16.2. The maximum Gasteiger partial charge on any atom is 0.340 e. The summed E-state index contributed by atoms with van der Waals surface area (Å²) in [5.74, 6) is 0.428. The molecule has 4 heteroatoms. The Bertz CT molecular complexity index is 1160. The zero-order chi connectivity index (χ0) is 18.5. The van der Waals surface area contributed by atoms with E-state index in [0.29, 0.717) is 11.5 Å². The minimum absolute atomic E-state index is 0.156. The minimum atomic E-state index is -0.271. The summed E-state index contributed by atoms with van der Waals surface area (Å²) in [6.07, 6.45) is 4.46. The van der Waals surface area contributed by atoms with Crippen LogP contribution in [0, 0.1) is 12.8 Å². The van der Waals surface area contributed by atoms with Gasteiger partial charge in [0, 0.05) is 39.6 Å². The molecule has 2 N–H and O–H groups in total. The van der Waals surface area contributed by atoms with Gasteiger partial charge in [-0.15, -0.1) is 0 Å². The van der Waals surface area contributed by atoms with E-state index in [-0.39, 0.29) is 11.9 Å². The standard InChI is InChI=1S/C23H22N2O2/c1-13-7-10-19-16(11-13)21(23(26)27-2)22(25-19)20(14-8-9-14)17-12-24-18-6-4-3-5-15(17)18/h3-7,10-12,14,20,24-25H,8-9H2,1-2H3. The number of aromatic amines is 2. The van der Waals surface area contributed by atoms with Crippen LogP contribution in [0.1, 0.15) is 45.9 Å². The van der Waals surface area contributed by atoms with Gasteiger partial charge in [0.1, 0.15) is 0 Å². The van der Waals surface area contributed by atoms with Gasteiger partial charge in [-0.3, -0.25) is 0 Å². The summed E-state index contributed by atoms with van der Waals surface area (Å²) in [6, 6.07) is 14.6. The first-order chi connectivity index (χ1) is 13.2. The highest BCUT2D eigenvalue weighted by Crippen LogP contribution is 2.49. The molecule has 0 saturated heterocycles. The largest absolute Gasteiger partial charge is 0.465 e. The van der Waals surface area contributed by atoms with Crippen molar-refractivity contribution < 1.29 is 9.53 Å². The predicted molar refractivity (Wildman–Crippen MR) is 107 cm³/mol. The van der Waals surface area contributed by atoms with Crippen molar-refractivity contribution in [1.29, 1.82) is 0 Å². The lowest BCUT2D eigenvalue weighted by molar-refractivity contribution is 0.0601. The van der Waals surface area contributed by atoms with Crippen molar-refractivity contribution in [2.24, 2.45) is 5.92 Å². The molecule has 1 aliphatic rings. The molecule has 0 spiro atoms. The molecular weight excluding hydrogens is 336 g/mol. The van der Waals surface area contributed by atoms with Gasteiger partial charge in [-0.1, -0.05) is 29.8 Å². The number of esters is 1. The third kappa shape index (κ3) is 2.55. The topological polar surface area (TPSA) is 57.9 Å². The van der Waals surface area contributed by atoms with Gasteiger partial charge in [-0.25, -0.2) is 4.79 Å². The third-order valence-electron chi connectivity index (χ3n) is 5.73. The molecule has 0 aliphatic heterocycles. The summed E-state index contributed by atoms with van der Waals surface area (Å²) in [5, 5.41) is 2.17. The van der Waals surface area contributed by atoms with E-state index < -0.39 is 0 Å². The van der Waals surface area contributed by atoms with E-state index in [0.717, 1.165) is 27.7 Å². The molecule has 1 unspecified atom stereocenters. The average molecular weight is 358 g/mol. The summed E-state index contributed by atoms with van der Waals surface area (Å²) >= 11 is 0. The Morgan fingerprint density at radius 1 is 1.11 bits per heavy atom. The summed E-state index contributed by atoms with van der Waals surface area (Å²) in [6.45, 7) is 2.05. The fourth-order valence-corrected chi connectivity index (χ4v) is 4.31. The van der Waals surface area contributed by atoms with Gasteiger partial charge < -0.3 is 14.7 Å². The number of carbonyl (C=O) groups is 1. The van der Waals surface area contributed by atoms with Crippen molar-refractivity contribution in [2.75, 3.05) is 7.11 Å². The maximum absolute atomic E-state index is 12.8. The second-order valence-electron chi connectivity index (χ2n) is 7.56. The van der Waals surface area contributed by atoms with Gasteiger partial charge in [-0.2, -0.15) is 0 Å². The van der Waals surface area contributed by atoms with Crippen LogP contribution in [0.5, 0.6) is 0 Å². The minimum Gasteiger partial charge on any atom is -0.465 e. The van der Waals surface area contributed by atoms with Crippen molar-refractivity contribution in [3.63, 3.8) is 0 Å². The summed E-state index contributed by atoms with van der Waals surface area (Å²) in [5.41, 5.74) is 6.16. The third-order valence-corrected chi connectivity index (χ3v) is 5.73. The number of nitrogens with one attached hydrogen (secondary N) is 2. The highest BCUT2D eigenvalue weighted by molar-refractivity contribution is 6.06. The Kier molecular flexibility index (Phi) is 3.61. The average Bonchev–Trinajstić information content (AvgIpc) is 3.32. The summed E-state index contributed by atoms with van der Waals surface area (Å²) in [4.78, 5) is 19.7. The molecule has 2 heterocycles. The number of aryl methyl sites for hydroxylation is 1. The molecule has 0 radical (unpaired) electrons. The van der Waals surface area contributed by atoms with Crippen LogP contribution in [0.4, 0.5) is 0 Å². The van der Waals surface area contributed by atoms with E-state index in [2.05, 4.69) is 52.6 Å². The van der Waals surface area contributed by atoms with Gasteiger partial charge in [-0.05, 0) is 49.4 Å². The Balaban J connectivity index is 1.78. The van der Waals surface area contributed by atoms with Crippen molar-refractivity contribution in [2.45, 2.75) is 25.7 Å². The van der Waals surface area contributed by atoms with Gasteiger partial charge in [0.15, 0.2) is 0 Å². The number of hydrogen-bond acceptors (Lipinski definition) is 2. The normalized spacial score (nSPS) is 15.3. The number of methoxy groups -OCH3 is 1. The Morgan fingerprint density at radius 3 is 2.70 bits per heavy atom. The van der Waals surface area contributed by atoms with Gasteiger partial charge in [0.2, 0.25) is 0 Å². The quantitative estimate of drug-likeness (QED) is 0.487. The highest BCUT2D eigenvalue weighted by atomic mass is 16.5. The number of aromatic nitrogens is 2. The molecule has 2 aromatic heterocycles. The Labute approximate surface area is 157 Å². The molecule has 4 nitrogen and oxygen atoms in total. The van der Waals surface area contributed by atoms with Gasteiger partial charge >= 0.3 is 5.97 Å². The molecule has 1 atom stereocenters. The molecule has 4 aromatic rings. The Hall–Kier alpha value is -3.01. The molecular formula is C23H22N2O2. The molecule has 2 aromatic carbocycles. The van der Waals surface area contributed by atoms with E-state index in [1.54, 1.807) is 0 Å². The molecule has 136 valence electrons. The number of H-pyrrole nitrogens is 2. The van der Waals surface area contributed by atoms with Crippen molar-refractivity contribution in [1.82, 2.24) is 9.97 Å². The maximum atomic E-state index is 12.8. The SMILES string of the molecule is COC(=O)c1c(C(c2c[nH]c3ccccc23)C2CC2)[nH]c2ccc(C)cc12. The van der Waals surface area contributed by atoms with Crippen molar-refractivity contribution >= 4 is 27.8 Å². The second kappa shape index (κ2) is 6.02. The monoisotopic (exact) mass is 358 g/mol. The van der Waals surface area contributed by atoms with Gasteiger partial charge in [0.05, 0.1) is 12.7 Å². The molecule has 0 bridgehead atoms. The molecule has 5 rings (SSSR count). The van der Waals surface area contributed by atoms with Crippen LogP contribution in [0.25, 0.3) is 21.8 Å². The predicted octanol–water partition coefficient (Wildman–Crippen LogP) is 5.29. The lowest BCUT2D eigenvalue weighted by Crippen LogP contribution is -2.11. The van der Waals surface area contributed by atoms with Crippen LogP contribution < -0.4 is 0 Å². The summed E-state index contributed by atoms with van der Waals surface area (Å²) < 4.78 is 5.17. The molecule has 1 saturated carbocycles. The number of para-hydroxylation sites is 1. The zero-order valence-corrected chi connectivity index (χ0v) is 15.5. The number of hydrogen-bond donors (Lipinski definition) is 2. The number of benzene rings is 2. The van der Waals surface area contributed by atoms with Crippen LogP contribution in [-0.2, 0) is 4.74 Å². The molecule has 1 fully saturated rings. The lowest BCUT2D eigenvalue weighted by atomic mass is 9.88. The lowest BCUT2D eigenvalue weighted by Gasteiger charge is -2.16. The first-order valence-electron chi connectivity index (χ1n) is 9.44. The first-order valence-corrected chi connectivity index (χ1v) is 9.44. The van der Waals surface area contributed by atoms with Gasteiger partial charge in [0.25, 0.3) is 0 Å². The molecule has 27 heavy (non-hydrogen) atoms. The number of carbonyl (C=O) groups excluding carboxylic acids is 1. The molecule has 1 aliphatic carbocycles. The van der Waals surface area contributed by atoms with E-state index >= 15 is 0 Å². The van der Waals surface area contributed by atoms with Crippen LogP contribution >= 0.6 is 0 Å². The van der Waals surface area contributed by atoms with E-state index in [1.165, 1.54) is 30.9 Å². The fourth-order valence-electron chi connectivity index (χ4n) is 4.31. The van der Waals surface area contributed by atoms with Crippen LogP contribution in [0.3, 0.4) is 0 Å². The van der Waals surface area contributed by atoms with Crippen LogP contribution in [0.2, 0.25) is 0 Å². The van der Waals surface area contributed by atoms with E-state index in [9.17, 15) is 4.79 Å². The second-order valence-corrected chi connectivity index (χ2v) is 7.56. The summed E-state index contributed by atoms with van der Waals surface area (Å²) in [7, 11) is 1.46. The van der Waals surface area contributed by atoms with Crippen LogP contribution in [-0.4, -0.2) is 23.0 Å². The Morgan fingerprint density at radius 2 is 1.93 bits per heavy atom. The van der Waals surface area contributed by atoms with Crippen molar-refractivity contribution in [3.8, 4) is 0 Å². The van der Waals surface area contributed by atoms with Crippen LogP contribution in [0.15, 0.2) is 48.7 Å². The highest BCUT2D eigenvalue weighted by Gasteiger charge is 2.38. The smallest absolute Gasteiger partial charge is 0.340 e. The van der Waals surface area contributed by atoms with Crippen molar-refractivity contribution in [3.05, 3.63) is 71.0 Å². The zero-order valence-electron chi connectivity index (χ0n) is 15.5. The number of rotatable bonds is 4. The number of ether oxygens (including phenoxy) is 1. The fraction of sp³-hybridized carbons (Fsp3) is 0.261. The van der Waals surface area contributed by atoms with E-state index in [1.807, 2.05) is 13.0 Å². The van der Waals surface area contributed by atoms with E-state index in [4.69, 9.17) is 4.74 Å². The molecule has 0 amide bonds.